The van der Waals surface area contributed by atoms with E-state index in [9.17, 15) is 0 Å². The van der Waals surface area contributed by atoms with E-state index in [4.69, 9.17) is 10.00 Å². The highest BCUT2D eigenvalue weighted by molar-refractivity contribution is 9.10. The normalized spacial score (nSPS) is 11.7. The lowest BCUT2D eigenvalue weighted by Crippen LogP contribution is -2.18. The maximum Gasteiger partial charge on any atom is 0.132 e. The van der Waals surface area contributed by atoms with Crippen LogP contribution in [0, 0.1) is 11.3 Å². The second-order valence-electron chi connectivity index (χ2n) is 4.70. The molecular weight excluding hydrogens is 328 g/mol. The summed E-state index contributed by atoms with van der Waals surface area (Å²) in [6.45, 7) is 5.08. The predicted molar refractivity (Wildman–Crippen MR) is 87.5 cm³/mol. The lowest BCUT2D eigenvalue weighted by Gasteiger charge is -2.18. The molecule has 0 aliphatic rings. The molecule has 4 heteroatoms. The number of nitrogens with zero attached hydrogens (tertiary/aromatic N) is 1. The number of ether oxygens (including phenoxy) is 1. The summed E-state index contributed by atoms with van der Waals surface area (Å²) >= 11 is 3.50. The number of nitrogens with one attached hydrogen (secondary N) is 1. The van der Waals surface area contributed by atoms with Crippen LogP contribution in [0.15, 0.2) is 46.9 Å². The van der Waals surface area contributed by atoms with Gasteiger partial charge in [-0.3, -0.25) is 0 Å². The average molecular weight is 345 g/mol. The van der Waals surface area contributed by atoms with Gasteiger partial charge in [-0.1, -0.05) is 22.9 Å². The Kier molecular flexibility index (Phi) is 5.38. The van der Waals surface area contributed by atoms with E-state index in [0.717, 1.165) is 28.1 Å². The van der Waals surface area contributed by atoms with Crippen LogP contribution in [0.25, 0.3) is 0 Å². The molecule has 0 spiro atoms. The molecule has 2 aromatic carbocycles. The van der Waals surface area contributed by atoms with E-state index in [1.165, 1.54) is 0 Å². The Morgan fingerprint density at radius 1 is 1.24 bits per heavy atom. The van der Waals surface area contributed by atoms with Gasteiger partial charge in [-0.2, -0.15) is 5.26 Å². The molecule has 0 amide bonds. The minimum Gasteiger partial charge on any atom is -0.457 e. The van der Waals surface area contributed by atoms with Gasteiger partial charge in [-0.05, 0) is 55.9 Å². The summed E-state index contributed by atoms with van der Waals surface area (Å²) in [5.41, 5.74) is 1.72. The lowest BCUT2D eigenvalue weighted by molar-refractivity contribution is 0.463. The standard InChI is InChI=1S/C17H17BrN2O/c1-3-20-12(2)16-10-14(18)6-9-17(16)21-15-7-4-13(11-19)5-8-15/h4-10,12,20H,3H2,1-2H3. The SMILES string of the molecule is CCNC(C)c1cc(Br)ccc1Oc1ccc(C#N)cc1. The second kappa shape index (κ2) is 7.26. The molecule has 0 aliphatic carbocycles. The van der Waals surface area contributed by atoms with E-state index in [1.807, 2.05) is 24.3 Å². The molecule has 0 bridgehead atoms. The zero-order valence-corrected chi connectivity index (χ0v) is 13.6. The summed E-state index contributed by atoms with van der Waals surface area (Å²) in [7, 11) is 0. The van der Waals surface area contributed by atoms with Crippen LogP contribution < -0.4 is 10.1 Å². The van der Waals surface area contributed by atoms with Crippen LogP contribution in [0.4, 0.5) is 0 Å². The van der Waals surface area contributed by atoms with Crippen molar-refractivity contribution in [2.75, 3.05) is 6.54 Å². The van der Waals surface area contributed by atoms with E-state index >= 15 is 0 Å². The van der Waals surface area contributed by atoms with E-state index in [0.29, 0.717) is 5.56 Å². The second-order valence-corrected chi connectivity index (χ2v) is 5.62. The first-order valence-corrected chi connectivity index (χ1v) is 7.64. The minimum absolute atomic E-state index is 0.195. The molecule has 1 unspecified atom stereocenters. The first-order valence-electron chi connectivity index (χ1n) is 6.85. The fourth-order valence-corrected chi connectivity index (χ4v) is 2.47. The van der Waals surface area contributed by atoms with Gasteiger partial charge in [0.15, 0.2) is 0 Å². The summed E-state index contributed by atoms with van der Waals surface area (Å²) in [6, 6.07) is 15.4. The smallest absolute Gasteiger partial charge is 0.132 e. The van der Waals surface area contributed by atoms with Crippen molar-refractivity contribution in [3.8, 4) is 17.6 Å². The molecule has 0 saturated heterocycles. The van der Waals surface area contributed by atoms with Crippen LogP contribution in [-0.2, 0) is 0 Å². The van der Waals surface area contributed by atoms with Crippen LogP contribution in [-0.4, -0.2) is 6.54 Å². The van der Waals surface area contributed by atoms with Gasteiger partial charge in [0, 0.05) is 16.1 Å². The van der Waals surface area contributed by atoms with E-state index in [2.05, 4.69) is 47.2 Å². The number of nitriles is 1. The monoisotopic (exact) mass is 344 g/mol. The molecule has 2 rings (SSSR count). The van der Waals surface area contributed by atoms with Gasteiger partial charge < -0.3 is 10.1 Å². The first kappa shape index (κ1) is 15.6. The lowest BCUT2D eigenvalue weighted by atomic mass is 10.1. The zero-order chi connectivity index (χ0) is 15.2. The van der Waals surface area contributed by atoms with Crippen molar-refractivity contribution in [2.45, 2.75) is 19.9 Å². The quantitative estimate of drug-likeness (QED) is 0.848. The van der Waals surface area contributed by atoms with Crippen molar-refractivity contribution >= 4 is 15.9 Å². The number of hydrogen-bond acceptors (Lipinski definition) is 3. The van der Waals surface area contributed by atoms with E-state index in [1.54, 1.807) is 12.1 Å². The van der Waals surface area contributed by atoms with Gasteiger partial charge in [-0.25, -0.2) is 0 Å². The minimum atomic E-state index is 0.195. The number of benzene rings is 2. The van der Waals surface area contributed by atoms with Crippen molar-refractivity contribution < 1.29 is 4.74 Å². The van der Waals surface area contributed by atoms with Crippen LogP contribution in [0.5, 0.6) is 11.5 Å². The van der Waals surface area contributed by atoms with Gasteiger partial charge in [-0.15, -0.1) is 0 Å². The molecule has 3 nitrogen and oxygen atoms in total. The Labute approximate surface area is 133 Å². The zero-order valence-electron chi connectivity index (χ0n) is 12.1. The van der Waals surface area contributed by atoms with Crippen LogP contribution in [0.3, 0.4) is 0 Å². The van der Waals surface area contributed by atoms with Crippen molar-refractivity contribution in [3.05, 3.63) is 58.1 Å². The predicted octanol–water partition coefficient (Wildman–Crippen LogP) is 4.78. The molecule has 1 atom stereocenters. The highest BCUT2D eigenvalue weighted by Gasteiger charge is 2.12. The Bertz CT molecular complexity index is 647. The molecule has 0 radical (unpaired) electrons. The first-order chi connectivity index (χ1) is 10.1. The van der Waals surface area contributed by atoms with E-state index < -0.39 is 0 Å². The average Bonchev–Trinajstić information content (AvgIpc) is 2.50. The Morgan fingerprint density at radius 2 is 1.95 bits per heavy atom. The molecule has 0 heterocycles. The number of halogens is 1. The summed E-state index contributed by atoms with van der Waals surface area (Å²) in [5, 5.41) is 12.2. The van der Waals surface area contributed by atoms with Crippen molar-refractivity contribution in [3.63, 3.8) is 0 Å². The molecule has 21 heavy (non-hydrogen) atoms. The highest BCUT2D eigenvalue weighted by Crippen LogP contribution is 2.32. The highest BCUT2D eigenvalue weighted by atomic mass is 79.9. The molecule has 1 N–H and O–H groups in total. The van der Waals surface area contributed by atoms with Gasteiger partial charge in [0.2, 0.25) is 0 Å². The van der Waals surface area contributed by atoms with Gasteiger partial charge in [0.25, 0.3) is 0 Å². The van der Waals surface area contributed by atoms with Gasteiger partial charge in [0.1, 0.15) is 11.5 Å². The maximum absolute atomic E-state index is 8.82. The Morgan fingerprint density at radius 3 is 2.57 bits per heavy atom. The van der Waals surface area contributed by atoms with Crippen molar-refractivity contribution in [1.29, 1.82) is 5.26 Å². The summed E-state index contributed by atoms with van der Waals surface area (Å²) < 4.78 is 6.98. The molecule has 0 saturated carbocycles. The maximum atomic E-state index is 8.82. The van der Waals surface area contributed by atoms with Gasteiger partial charge >= 0.3 is 0 Å². The molecule has 108 valence electrons. The fraction of sp³-hybridized carbons (Fsp3) is 0.235. The molecular formula is C17H17BrN2O. The van der Waals surface area contributed by atoms with Gasteiger partial charge in [0.05, 0.1) is 11.6 Å². The number of hydrogen-bond donors (Lipinski definition) is 1. The van der Waals surface area contributed by atoms with E-state index in [-0.39, 0.29) is 6.04 Å². The summed E-state index contributed by atoms with van der Waals surface area (Å²) in [4.78, 5) is 0. The fourth-order valence-electron chi connectivity index (χ4n) is 2.09. The third-order valence-corrected chi connectivity index (χ3v) is 3.65. The van der Waals surface area contributed by atoms with Crippen LogP contribution in [0.1, 0.15) is 31.0 Å². The largest absolute Gasteiger partial charge is 0.457 e. The molecule has 0 aromatic heterocycles. The summed E-state index contributed by atoms with van der Waals surface area (Å²) in [6.07, 6.45) is 0. The molecule has 0 fully saturated rings. The third kappa shape index (κ3) is 4.07. The number of rotatable bonds is 5. The topological polar surface area (TPSA) is 45.0 Å². The van der Waals surface area contributed by atoms with Crippen molar-refractivity contribution in [1.82, 2.24) is 5.32 Å². The Balaban J connectivity index is 2.28. The third-order valence-electron chi connectivity index (χ3n) is 3.16. The Hall–Kier alpha value is -1.83. The van der Waals surface area contributed by atoms with Crippen LogP contribution >= 0.6 is 15.9 Å². The molecule has 0 aliphatic heterocycles. The van der Waals surface area contributed by atoms with Crippen molar-refractivity contribution in [2.24, 2.45) is 0 Å². The van der Waals surface area contributed by atoms with Crippen LogP contribution in [0.2, 0.25) is 0 Å². The summed E-state index contributed by atoms with van der Waals surface area (Å²) in [5.74, 6) is 1.54. The molecule has 2 aromatic rings.